The summed E-state index contributed by atoms with van der Waals surface area (Å²) in [4.78, 5) is 0. The van der Waals surface area contributed by atoms with Crippen molar-refractivity contribution in [2.24, 2.45) is 46.3 Å². The first-order valence-electron chi connectivity index (χ1n) is 13.7. The lowest BCUT2D eigenvalue weighted by molar-refractivity contribution is -0.185. The van der Waals surface area contributed by atoms with Gasteiger partial charge in [-0.25, -0.2) is 0 Å². The third-order valence-electron chi connectivity index (χ3n) is 11.1. The molecule has 5 aliphatic rings. The minimum atomic E-state index is -0.273. The number of rotatable bonds is 5. The molecule has 3 saturated carbocycles. The Morgan fingerprint density at radius 1 is 0.935 bits per heavy atom. The molecule has 4 aliphatic carbocycles. The summed E-state index contributed by atoms with van der Waals surface area (Å²) in [5.41, 5.74) is 2.67. The van der Waals surface area contributed by atoms with E-state index in [1.807, 2.05) is 0 Å². The first kappa shape index (κ1) is 22.5. The van der Waals surface area contributed by atoms with Gasteiger partial charge < -0.3 is 9.47 Å². The molecule has 1 saturated heterocycles. The van der Waals surface area contributed by atoms with Crippen molar-refractivity contribution in [1.29, 1.82) is 0 Å². The molecular formula is C29H48O2. The van der Waals surface area contributed by atoms with Gasteiger partial charge in [-0.05, 0) is 84.9 Å². The van der Waals surface area contributed by atoms with E-state index in [0.29, 0.717) is 10.8 Å². The molecule has 7 atom stereocenters. The molecule has 4 fully saturated rings. The average Bonchev–Trinajstić information content (AvgIpc) is 3.32. The molecule has 0 aromatic rings. The van der Waals surface area contributed by atoms with Gasteiger partial charge in [0.2, 0.25) is 0 Å². The van der Waals surface area contributed by atoms with Crippen LogP contribution in [0.5, 0.6) is 0 Å². The Bertz CT molecular complexity index is 689. The number of allylic oxidation sites excluding steroid dienone is 1. The van der Waals surface area contributed by atoms with Crippen LogP contribution in [0.2, 0.25) is 0 Å². The van der Waals surface area contributed by atoms with Crippen molar-refractivity contribution in [3.8, 4) is 0 Å². The summed E-state index contributed by atoms with van der Waals surface area (Å²) < 4.78 is 12.2. The van der Waals surface area contributed by atoms with Crippen molar-refractivity contribution in [3.05, 3.63) is 11.6 Å². The van der Waals surface area contributed by atoms with E-state index in [-0.39, 0.29) is 5.79 Å². The van der Waals surface area contributed by atoms with Crippen molar-refractivity contribution in [2.45, 2.75) is 111 Å². The smallest absolute Gasteiger partial charge is 0.172 e. The van der Waals surface area contributed by atoms with Crippen molar-refractivity contribution >= 4 is 0 Å². The van der Waals surface area contributed by atoms with Gasteiger partial charge in [-0.15, -0.1) is 0 Å². The summed E-state index contributed by atoms with van der Waals surface area (Å²) in [6.45, 7) is 14.2. The number of fused-ring (bicyclic) bond motifs is 5. The van der Waals surface area contributed by atoms with Crippen LogP contribution in [0.1, 0.15) is 105 Å². The highest BCUT2D eigenvalue weighted by molar-refractivity contribution is 5.26. The van der Waals surface area contributed by atoms with Crippen LogP contribution in [-0.2, 0) is 9.47 Å². The fraction of sp³-hybridized carbons (Fsp3) is 0.931. The van der Waals surface area contributed by atoms with Crippen LogP contribution in [0.15, 0.2) is 11.6 Å². The molecule has 0 bridgehead atoms. The third kappa shape index (κ3) is 3.67. The average molecular weight is 429 g/mol. The lowest BCUT2D eigenvalue weighted by Crippen LogP contribution is -2.52. The summed E-state index contributed by atoms with van der Waals surface area (Å²) in [7, 11) is 0. The first-order chi connectivity index (χ1) is 14.8. The van der Waals surface area contributed by atoms with Crippen LogP contribution < -0.4 is 0 Å². The molecule has 0 amide bonds. The normalized spacial score (nSPS) is 44.6. The van der Waals surface area contributed by atoms with Gasteiger partial charge in [0.15, 0.2) is 5.79 Å². The molecule has 1 heterocycles. The fourth-order valence-corrected chi connectivity index (χ4v) is 9.37. The maximum atomic E-state index is 6.12. The van der Waals surface area contributed by atoms with Crippen LogP contribution in [-0.4, -0.2) is 19.0 Å². The van der Waals surface area contributed by atoms with Crippen LogP contribution in [0.3, 0.4) is 0 Å². The Hall–Kier alpha value is -0.340. The van der Waals surface area contributed by atoms with Crippen LogP contribution >= 0.6 is 0 Å². The second kappa shape index (κ2) is 8.15. The molecule has 0 unspecified atom stereocenters. The molecule has 176 valence electrons. The first-order valence-corrected chi connectivity index (χ1v) is 13.7. The van der Waals surface area contributed by atoms with E-state index in [4.69, 9.17) is 9.47 Å². The van der Waals surface area contributed by atoms with Crippen molar-refractivity contribution in [1.82, 2.24) is 0 Å². The molecule has 2 heteroatoms. The van der Waals surface area contributed by atoms with E-state index in [0.717, 1.165) is 61.6 Å². The predicted molar refractivity (Wildman–Crippen MR) is 128 cm³/mol. The molecule has 1 aliphatic heterocycles. The second-order valence-corrected chi connectivity index (χ2v) is 13.1. The lowest BCUT2D eigenvalue weighted by atomic mass is 9.46. The number of hydrogen-bond acceptors (Lipinski definition) is 2. The molecule has 0 aromatic heterocycles. The largest absolute Gasteiger partial charge is 0.347 e. The van der Waals surface area contributed by atoms with E-state index < -0.39 is 0 Å². The molecule has 2 nitrogen and oxygen atoms in total. The van der Waals surface area contributed by atoms with Crippen molar-refractivity contribution in [2.75, 3.05) is 13.2 Å². The SMILES string of the molecule is CC(C)CCC[C@H](C)[C@@H]1CC[C@@H]2[C@H]3CC=C4CC5(CC[C@]4(C)[C@@H]3CC[C@@]21C)OCCO5. The summed E-state index contributed by atoms with van der Waals surface area (Å²) in [5, 5.41) is 0. The van der Waals surface area contributed by atoms with Crippen molar-refractivity contribution in [3.63, 3.8) is 0 Å². The molecule has 1 spiro atoms. The zero-order valence-corrected chi connectivity index (χ0v) is 21.1. The molecule has 0 radical (unpaired) electrons. The summed E-state index contributed by atoms with van der Waals surface area (Å²) in [6.07, 6.45) is 17.6. The number of ether oxygens (including phenoxy) is 2. The fourth-order valence-electron chi connectivity index (χ4n) is 9.37. The zero-order valence-electron chi connectivity index (χ0n) is 21.1. The Morgan fingerprint density at radius 3 is 2.45 bits per heavy atom. The maximum absolute atomic E-state index is 6.12. The second-order valence-electron chi connectivity index (χ2n) is 13.1. The quantitative estimate of drug-likeness (QED) is 0.416. The Kier molecular flexibility index (Phi) is 5.91. The van der Waals surface area contributed by atoms with Gasteiger partial charge >= 0.3 is 0 Å². The summed E-state index contributed by atoms with van der Waals surface area (Å²) in [5.74, 6) is 5.20. The van der Waals surface area contributed by atoms with E-state index in [2.05, 4.69) is 40.7 Å². The summed E-state index contributed by atoms with van der Waals surface area (Å²) >= 11 is 0. The molecule has 0 N–H and O–H groups in total. The predicted octanol–water partition coefficient (Wildman–Crippen LogP) is 7.77. The molecule has 5 rings (SSSR count). The van der Waals surface area contributed by atoms with E-state index >= 15 is 0 Å². The van der Waals surface area contributed by atoms with E-state index in [9.17, 15) is 0 Å². The highest BCUT2D eigenvalue weighted by Crippen LogP contribution is 2.68. The molecular weight excluding hydrogens is 380 g/mol. The molecule has 0 aromatic carbocycles. The van der Waals surface area contributed by atoms with E-state index in [1.54, 1.807) is 5.57 Å². The van der Waals surface area contributed by atoms with Crippen LogP contribution in [0.25, 0.3) is 0 Å². The maximum Gasteiger partial charge on any atom is 0.172 e. The van der Waals surface area contributed by atoms with Gasteiger partial charge in [-0.2, -0.15) is 0 Å². The third-order valence-corrected chi connectivity index (χ3v) is 11.1. The van der Waals surface area contributed by atoms with Crippen LogP contribution in [0.4, 0.5) is 0 Å². The highest BCUT2D eigenvalue weighted by Gasteiger charge is 2.60. The number of hydrogen-bond donors (Lipinski definition) is 0. The minimum Gasteiger partial charge on any atom is -0.347 e. The highest BCUT2D eigenvalue weighted by atomic mass is 16.7. The Morgan fingerprint density at radius 2 is 1.71 bits per heavy atom. The van der Waals surface area contributed by atoms with Gasteiger partial charge in [-0.1, -0.05) is 65.5 Å². The van der Waals surface area contributed by atoms with Gasteiger partial charge in [0.05, 0.1) is 13.2 Å². The standard InChI is InChI=1S/C29H48O2/c1-20(2)7-6-8-21(3)24-11-12-25-23-10-9-22-19-29(30-17-18-31-29)16-15-27(22,4)26(23)13-14-28(24,25)5/h9,20-21,23-26H,6-8,10-19H2,1-5H3/t21-,23+,24-,25+,26+,27-,28+/m0/s1. The zero-order chi connectivity index (χ0) is 21.9. The lowest BCUT2D eigenvalue weighted by Gasteiger charge is -2.59. The minimum absolute atomic E-state index is 0.273. The summed E-state index contributed by atoms with van der Waals surface area (Å²) in [6, 6.07) is 0. The van der Waals surface area contributed by atoms with Gasteiger partial charge in [0.25, 0.3) is 0 Å². The van der Waals surface area contributed by atoms with Crippen LogP contribution in [0, 0.1) is 46.3 Å². The topological polar surface area (TPSA) is 18.5 Å². The van der Waals surface area contributed by atoms with E-state index in [1.165, 1.54) is 57.8 Å². The van der Waals surface area contributed by atoms with Crippen molar-refractivity contribution < 1.29 is 9.47 Å². The van der Waals surface area contributed by atoms with Gasteiger partial charge in [-0.3, -0.25) is 0 Å². The molecule has 31 heavy (non-hydrogen) atoms. The monoisotopic (exact) mass is 428 g/mol. The van der Waals surface area contributed by atoms with Gasteiger partial charge in [0.1, 0.15) is 0 Å². The van der Waals surface area contributed by atoms with Gasteiger partial charge in [0, 0.05) is 12.8 Å². The Labute approximate surface area is 191 Å². The Balaban J connectivity index is 1.31.